The molecule has 0 N–H and O–H groups in total. The maximum absolute atomic E-state index is 11.8. The van der Waals surface area contributed by atoms with Gasteiger partial charge in [-0.1, -0.05) is 20.8 Å². The fraction of sp³-hybridized carbons (Fsp3) is 0.500. The fourth-order valence-electron chi connectivity index (χ4n) is 3.98. The lowest BCUT2D eigenvalue weighted by molar-refractivity contribution is -0.143. The first-order valence-corrected chi connectivity index (χ1v) is 12.6. The van der Waals surface area contributed by atoms with Crippen LogP contribution in [0.5, 0.6) is 0 Å². The molecule has 33 heavy (non-hydrogen) atoms. The number of rotatable bonds is 12. The molecule has 3 rings (SSSR count). The molecule has 0 spiro atoms. The lowest BCUT2D eigenvalue weighted by atomic mass is 9.95. The summed E-state index contributed by atoms with van der Waals surface area (Å²) in [5.41, 5.74) is 6.52. The minimum Gasteiger partial charge on any atom is -0.466 e. The van der Waals surface area contributed by atoms with E-state index in [1.165, 1.54) is 0 Å². The summed E-state index contributed by atoms with van der Waals surface area (Å²) in [6.07, 6.45) is 7.46. The second-order valence-corrected chi connectivity index (χ2v) is 9.50. The monoisotopic (exact) mass is 515 g/mol. The molecular formula is C26H34BrN3O3. The first kappa shape index (κ1) is 25.4. The van der Waals surface area contributed by atoms with Crippen LogP contribution in [0.4, 0.5) is 0 Å². The molecule has 0 aliphatic rings. The van der Waals surface area contributed by atoms with Crippen LogP contribution in [0.1, 0.15) is 63.9 Å². The van der Waals surface area contributed by atoms with Gasteiger partial charge in [0.05, 0.1) is 24.4 Å². The van der Waals surface area contributed by atoms with E-state index in [0.717, 1.165) is 63.8 Å². The first-order valence-electron chi connectivity index (χ1n) is 11.8. The Hall–Kier alpha value is -2.25. The number of unbranched alkanes of at least 4 members (excludes halogenated alkanes) is 1. The molecule has 0 aliphatic heterocycles. The lowest BCUT2D eigenvalue weighted by Gasteiger charge is -2.18. The van der Waals surface area contributed by atoms with Crippen LogP contribution in [0, 0.1) is 5.92 Å². The van der Waals surface area contributed by atoms with E-state index in [9.17, 15) is 4.79 Å². The highest BCUT2D eigenvalue weighted by molar-refractivity contribution is 9.10. The van der Waals surface area contributed by atoms with Crippen molar-refractivity contribution in [3.8, 4) is 11.1 Å². The van der Waals surface area contributed by atoms with Crippen LogP contribution in [0.3, 0.4) is 0 Å². The van der Waals surface area contributed by atoms with Crippen molar-refractivity contribution in [2.24, 2.45) is 5.92 Å². The zero-order valence-electron chi connectivity index (χ0n) is 20.1. The van der Waals surface area contributed by atoms with Gasteiger partial charge in [0, 0.05) is 46.7 Å². The summed E-state index contributed by atoms with van der Waals surface area (Å²) in [6.45, 7) is 9.83. The maximum atomic E-state index is 11.8. The standard InChI is InChI=1S/C26H34BrN3O3/c1-5-21-11-12-24-26(19-13-20(27)15-28-14-19)22(9-7-8-10-25(31)33-6-2)23(29-30(21)24)17-32-16-18(3)4/h11-15,18H,5-10,16-17H2,1-4H3. The quantitative estimate of drug-likeness (QED) is 0.213. The van der Waals surface area contributed by atoms with E-state index in [1.54, 1.807) is 6.20 Å². The molecule has 6 nitrogen and oxygen atoms in total. The highest BCUT2D eigenvalue weighted by atomic mass is 79.9. The van der Waals surface area contributed by atoms with Gasteiger partial charge in [-0.05, 0) is 78.2 Å². The van der Waals surface area contributed by atoms with Crippen LogP contribution in [0.25, 0.3) is 16.6 Å². The van der Waals surface area contributed by atoms with Crippen molar-refractivity contribution >= 4 is 27.4 Å². The molecule has 0 saturated carbocycles. The van der Waals surface area contributed by atoms with Crippen molar-refractivity contribution in [2.45, 2.75) is 66.4 Å². The number of fused-ring (bicyclic) bond motifs is 1. The predicted octanol–water partition coefficient (Wildman–Crippen LogP) is 6.17. The third kappa shape index (κ3) is 6.64. The Morgan fingerprint density at radius 1 is 1.18 bits per heavy atom. The number of ether oxygens (including phenoxy) is 2. The minimum absolute atomic E-state index is 0.137. The Labute approximate surface area is 204 Å². The van der Waals surface area contributed by atoms with E-state index >= 15 is 0 Å². The zero-order valence-corrected chi connectivity index (χ0v) is 21.7. The molecule has 0 aromatic carbocycles. The van der Waals surface area contributed by atoms with E-state index in [1.807, 2.05) is 17.6 Å². The normalized spacial score (nSPS) is 11.5. The van der Waals surface area contributed by atoms with Crippen LogP contribution in [0.2, 0.25) is 0 Å². The van der Waals surface area contributed by atoms with Crippen molar-refractivity contribution in [3.63, 3.8) is 0 Å². The summed E-state index contributed by atoms with van der Waals surface area (Å²) >= 11 is 3.58. The van der Waals surface area contributed by atoms with Crippen LogP contribution < -0.4 is 0 Å². The van der Waals surface area contributed by atoms with E-state index < -0.39 is 0 Å². The van der Waals surface area contributed by atoms with Crippen molar-refractivity contribution in [1.82, 2.24) is 14.6 Å². The molecule has 0 bridgehead atoms. The van der Waals surface area contributed by atoms with Gasteiger partial charge >= 0.3 is 5.97 Å². The Kier molecular flexibility index (Phi) is 9.44. The number of hydrogen-bond acceptors (Lipinski definition) is 5. The average molecular weight is 516 g/mol. The fourth-order valence-corrected chi connectivity index (χ4v) is 4.34. The van der Waals surface area contributed by atoms with Crippen LogP contribution in [-0.4, -0.2) is 33.8 Å². The molecule has 0 saturated heterocycles. The van der Waals surface area contributed by atoms with E-state index in [4.69, 9.17) is 14.6 Å². The second-order valence-electron chi connectivity index (χ2n) is 8.59. The summed E-state index contributed by atoms with van der Waals surface area (Å²) in [5, 5.41) is 5.02. The van der Waals surface area contributed by atoms with Crippen molar-refractivity contribution < 1.29 is 14.3 Å². The third-order valence-electron chi connectivity index (χ3n) is 5.47. The number of aromatic nitrogens is 3. The van der Waals surface area contributed by atoms with E-state index in [2.05, 4.69) is 59.9 Å². The molecular weight excluding hydrogens is 482 g/mol. The van der Waals surface area contributed by atoms with Gasteiger partial charge in [-0.25, -0.2) is 4.52 Å². The predicted molar refractivity (Wildman–Crippen MR) is 134 cm³/mol. The SMILES string of the molecule is CCOC(=O)CCCCc1c(COCC(C)C)nn2c(CC)ccc2c1-c1cncc(Br)c1. The van der Waals surface area contributed by atoms with Gasteiger partial charge in [-0.15, -0.1) is 0 Å². The molecule has 0 atom stereocenters. The largest absolute Gasteiger partial charge is 0.466 e. The van der Waals surface area contributed by atoms with Gasteiger partial charge in [-0.2, -0.15) is 5.10 Å². The lowest BCUT2D eigenvalue weighted by Crippen LogP contribution is -2.12. The number of hydrogen-bond donors (Lipinski definition) is 0. The number of pyridine rings is 1. The minimum atomic E-state index is -0.137. The number of aryl methyl sites for hydroxylation is 1. The summed E-state index contributed by atoms with van der Waals surface area (Å²) in [6, 6.07) is 6.38. The van der Waals surface area contributed by atoms with Crippen LogP contribution >= 0.6 is 15.9 Å². The van der Waals surface area contributed by atoms with Crippen molar-refractivity contribution in [3.05, 3.63) is 52.0 Å². The van der Waals surface area contributed by atoms with Gasteiger partial charge in [0.15, 0.2) is 0 Å². The summed E-state index contributed by atoms with van der Waals surface area (Å²) in [5.74, 6) is 0.315. The Morgan fingerprint density at radius 2 is 2.00 bits per heavy atom. The topological polar surface area (TPSA) is 65.7 Å². The van der Waals surface area contributed by atoms with Crippen molar-refractivity contribution in [2.75, 3.05) is 13.2 Å². The second kappa shape index (κ2) is 12.3. The molecule has 0 fully saturated rings. The Balaban J connectivity index is 2.04. The Bertz CT molecular complexity index is 1080. The molecule has 178 valence electrons. The van der Waals surface area contributed by atoms with Gasteiger partial charge in [-0.3, -0.25) is 9.78 Å². The number of carbonyl (C=O) groups excluding carboxylic acids is 1. The first-order chi connectivity index (χ1) is 15.9. The van der Waals surface area contributed by atoms with E-state index in [-0.39, 0.29) is 5.97 Å². The van der Waals surface area contributed by atoms with E-state index in [0.29, 0.717) is 32.2 Å². The average Bonchev–Trinajstić information content (AvgIpc) is 3.19. The number of nitrogens with zero attached hydrogens (tertiary/aromatic N) is 3. The number of carbonyl (C=O) groups is 1. The summed E-state index contributed by atoms with van der Waals surface area (Å²) in [4.78, 5) is 16.2. The molecule has 3 aromatic rings. The summed E-state index contributed by atoms with van der Waals surface area (Å²) in [7, 11) is 0. The van der Waals surface area contributed by atoms with Gasteiger partial charge < -0.3 is 9.47 Å². The van der Waals surface area contributed by atoms with Gasteiger partial charge in [0.25, 0.3) is 0 Å². The van der Waals surface area contributed by atoms with Gasteiger partial charge in [0.1, 0.15) is 0 Å². The smallest absolute Gasteiger partial charge is 0.305 e. The summed E-state index contributed by atoms with van der Waals surface area (Å²) < 4.78 is 14.1. The highest BCUT2D eigenvalue weighted by Gasteiger charge is 2.19. The van der Waals surface area contributed by atoms with Crippen molar-refractivity contribution in [1.29, 1.82) is 0 Å². The molecule has 0 radical (unpaired) electrons. The molecule has 3 aromatic heterocycles. The molecule has 0 aliphatic carbocycles. The zero-order chi connectivity index (χ0) is 23.8. The van der Waals surface area contributed by atoms with Gasteiger partial charge in [0.2, 0.25) is 0 Å². The number of halogens is 1. The van der Waals surface area contributed by atoms with Crippen LogP contribution in [-0.2, 0) is 33.7 Å². The molecule has 3 heterocycles. The molecule has 7 heteroatoms. The van der Waals surface area contributed by atoms with Crippen LogP contribution in [0.15, 0.2) is 35.1 Å². The third-order valence-corrected chi connectivity index (χ3v) is 5.90. The maximum Gasteiger partial charge on any atom is 0.305 e. The Morgan fingerprint density at radius 3 is 2.70 bits per heavy atom. The number of esters is 1. The molecule has 0 amide bonds. The molecule has 0 unspecified atom stereocenters. The highest BCUT2D eigenvalue weighted by Crippen LogP contribution is 2.34.